The third kappa shape index (κ3) is 3.51. The molecule has 5 aromatic rings. The molecule has 0 atom stereocenters. The average molecular weight is 414 g/mol. The van der Waals surface area contributed by atoms with Crippen LogP contribution in [0, 0.1) is 6.92 Å². The number of hydrogen-bond acceptors (Lipinski definition) is 4. The molecule has 6 nitrogen and oxygen atoms in total. The lowest BCUT2D eigenvalue weighted by molar-refractivity contribution is 0.102. The van der Waals surface area contributed by atoms with Crippen molar-refractivity contribution in [2.75, 3.05) is 5.32 Å². The predicted octanol–water partition coefficient (Wildman–Crippen LogP) is 5.10. The van der Waals surface area contributed by atoms with Crippen LogP contribution in [0.5, 0.6) is 0 Å². The van der Waals surface area contributed by atoms with E-state index in [-0.39, 0.29) is 5.91 Å². The molecule has 2 aromatic carbocycles. The van der Waals surface area contributed by atoms with Gasteiger partial charge in [0.1, 0.15) is 0 Å². The van der Waals surface area contributed by atoms with Crippen LogP contribution in [0.4, 0.5) is 5.13 Å². The van der Waals surface area contributed by atoms with Crippen molar-refractivity contribution < 1.29 is 4.79 Å². The van der Waals surface area contributed by atoms with Gasteiger partial charge in [-0.1, -0.05) is 30.3 Å². The van der Waals surface area contributed by atoms with Gasteiger partial charge in [-0.2, -0.15) is 0 Å². The normalized spacial score (nSPS) is 11.1. The highest BCUT2D eigenvalue weighted by atomic mass is 32.1. The molecule has 0 aliphatic heterocycles. The maximum absolute atomic E-state index is 12.7. The van der Waals surface area contributed by atoms with Crippen LogP contribution in [0.3, 0.4) is 0 Å². The molecule has 0 unspecified atom stereocenters. The second kappa shape index (κ2) is 7.61. The zero-order chi connectivity index (χ0) is 20.5. The quantitative estimate of drug-likeness (QED) is 0.421. The number of H-pyrrole nitrogens is 1. The average Bonchev–Trinajstić information content (AvgIpc) is 3.48. The summed E-state index contributed by atoms with van der Waals surface area (Å²) >= 11 is 1.43. The number of imidazole rings is 1. The number of anilines is 1. The number of fused-ring (bicyclic) bond motifs is 1. The molecule has 148 valence electrons. The Kier molecular flexibility index (Phi) is 4.65. The van der Waals surface area contributed by atoms with Gasteiger partial charge in [0.25, 0.3) is 5.91 Å². The number of para-hydroxylation sites is 1. The van der Waals surface area contributed by atoms with Crippen molar-refractivity contribution in [2.24, 2.45) is 0 Å². The second-order valence-corrected chi connectivity index (χ2v) is 7.95. The highest BCUT2D eigenvalue weighted by Gasteiger charge is 2.15. The number of benzene rings is 2. The number of rotatable bonds is 5. The van der Waals surface area contributed by atoms with Gasteiger partial charge in [0.15, 0.2) is 5.13 Å². The first-order chi connectivity index (χ1) is 14.7. The lowest BCUT2D eigenvalue weighted by Crippen LogP contribution is -2.11. The van der Waals surface area contributed by atoms with E-state index in [4.69, 9.17) is 0 Å². The fourth-order valence-corrected chi connectivity index (χ4v) is 4.27. The first-order valence-corrected chi connectivity index (χ1v) is 10.4. The number of nitrogens with one attached hydrogen (secondary N) is 2. The van der Waals surface area contributed by atoms with Gasteiger partial charge in [-0.3, -0.25) is 10.1 Å². The van der Waals surface area contributed by atoms with Gasteiger partial charge >= 0.3 is 0 Å². The van der Waals surface area contributed by atoms with Gasteiger partial charge < -0.3 is 9.55 Å². The number of aromatic amines is 1. The third-order valence-electron chi connectivity index (χ3n) is 5.01. The van der Waals surface area contributed by atoms with E-state index in [0.717, 1.165) is 40.0 Å². The van der Waals surface area contributed by atoms with Gasteiger partial charge in [0.05, 0.1) is 12.0 Å². The molecule has 0 aliphatic carbocycles. The van der Waals surface area contributed by atoms with E-state index in [1.165, 1.54) is 11.3 Å². The van der Waals surface area contributed by atoms with E-state index < -0.39 is 0 Å². The summed E-state index contributed by atoms with van der Waals surface area (Å²) < 4.78 is 1.98. The summed E-state index contributed by atoms with van der Waals surface area (Å²) in [5.74, 6) is -0.166. The first kappa shape index (κ1) is 18.3. The molecule has 5 rings (SSSR count). The predicted molar refractivity (Wildman–Crippen MR) is 120 cm³/mol. The Morgan fingerprint density at radius 1 is 1.17 bits per heavy atom. The Morgan fingerprint density at radius 2 is 2.00 bits per heavy atom. The van der Waals surface area contributed by atoms with Crippen molar-refractivity contribution in [3.8, 4) is 11.3 Å². The fourth-order valence-electron chi connectivity index (χ4n) is 3.57. The summed E-state index contributed by atoms with van der Waals surface area (Å²) in [6.07, 6.45) is 5.44. The molecule has 3 aromatic heterocycles. The topological polar surface area (TPSA) is 75.6 Å². The maximum Gasteiger partial charge on any atom is 0.257 e. The van der Waals surface area contributed by atoms with Gasteiger partial charge in [0, 0.05) is 52.0 Å². The number of aryl methyl sites for hydroxylation is 1. The Hall–Kier alpha value is -3.71. The van der Waals surface area contributed by atoms with E-state index in [9.17, 15) is 4.79 Å². The molecule has 7 heteroatoms. The molecule has 0 bridgehead atoms. The van der Waals surface area contributed by atoms with Gasteiger partial charge in [-0.05, 0) is 30.7 Å². The molecule has 0 saturated carbocycles. The summed E-state index contributed by atoms with van der Waals surface area (Å²) in [4.78, 5) is 24.7. The minimum Gasteiger partial charge on any atom is -0.358 e. The van der Waals surface area contributed by atoms with E-state index in [1.54, 1.807) is 12.5 Å². The summed E-state index contributed by atoms with van der Waals surface area (Å²) in [6.45, 7) is 2.76. The maximum atomic E-state index is 12.7. The summed E-state index contributed by atoms with van der Waals surface area (Å²) in [6, 6.07) is 15.7. The third-order valence-corrected chi connectivity index (χ3v) is 5.77. The second-order valence-electron chi connectivity index (χ2n) is 7.09. The van der Waals surface area contributed by atoms with Crippen molar-refractivity contribution in [3.05, 3.63) is 89.5 Å². The molecular weight excluding hydrogens is 394 g/mol. The van der Waals surface area contributed by atoms with Crippen LogP contribution in [-0.2, 0) is 6.54 Å². The Labute approximate surface area is 177 Å². The SMILES string of the molecule is Cc1[nH]c2ccccc2c1-c1csc(NC(=O)c2ccc(Cn3ccnc3)cc2)n1. The van der Waals surface area contributed by atoms with Crippen molar-refractivity contribution in [3.63, 3.8) is 0 Å². The van der Waals surface area contributed by atoms with E-state index in [2.05, 4.69) is 32.4 Å². The minimum atomic E-state index is -0.166. The van der Waals surface area contributed by atoms with Crippen LogP contribution in [0.1, 0.15) is 21.6 Å². The molecule has 0 spiro atoms. The summed E-state index contributed by atoms with van der Waals surface area (Å²) in [5, 5.41) is 6.61. The van der Waals surface area contributed by atoms with Crippen LogP contribution in [0.15, 0.2) is 72.6 Å². The number of aromatic nitrogens is 4. The highest BCUT2D eigenvalue weighted by Crippen LogP contribution is 2.33. The molecule has 30 heavy (non-hydrogen) atoms. The fraction of sp³-hybridized carbons (Fsp3) is 0.0870. The van der Waals surface area contributed by atoms with Crippen molar-refractivity contribution in [1.82, 2.24) is 19.5 Å². The largest absolute Gasteiger partial charge is 0.358 e. The summed E-state index contributed by atoms with van der Waals surface area (Å²) in [5.41, 5.74) is 5.79. The van der Waals surface area contributed by atoms with Crippen LogP contribution >= 0.6 is 11.3 Å². The van der Waals surface area contributed by atoms with Crippen LogP contribution in [0.2, 0.25) is 0 Å². The molecule has 0 radical (unpaired) electrons. The molecule has 2 N–H and O–H groups in total. The smallest absolute Gasteiger partial charge is 0.257 e. The van der Waals surface area contributed by atoms with E-state index in [0.29, 0.717) is 10.7 Å². The van der Waals surface area contributed by atoms with Crippen molar-refractivity contribution in [1.29, 1.82) is 0 Å². The molecular formula is C23H19N5OS. The lowest BCUT2D eigenvalue weighted by atomic mass is 10.1. The standard InChI is InChI=1S/C23H19N5OS/c1-15-21(18-4-2-3-5-19(18)25-15)20-13-30-23(26-20)27-22(29)17-8-6-16(7-9-17)12-28-11-10-24-14-28/h2-11,13-14,25H,12H2,1H3,(H,26,27,29). The van der Waals surface area contributed by atoms with Crippen LogP contribution < -0.4 is 5.32 Å². The number of carbonyl (C=O) groups excluding carboxylic acids is 1. The number of amides is 1. The zero-order valence-electron chi connectivity index (χ0n) is 16.3. The Balaban J connectivity index is 1.32. The van der Waals surface area contributed by atoms with Crippen molar-refractivity contribution >= 4 is 33.3 Å². The first-order valence-electron chi connectivity index (χ1n) is 9.56. The summed E-state index contributed by atoms with van der Waals surface area (Å²) in [7, 11) is 0. The number of nitrogens with zero attached hydrogens (tertiary/aromatic N) is 3. The zero-order valence-corrected chi connectivity index (χ0v) is 17.1. The van der Waals surface area contributed by atoms with E-state index in [1.807, 2.05) is 59.5 Å². The molecule has 3 heterocycles. The van der Waals surface area contributed by atoms with Crippen LogP contribution in [-0.4, -0.2) is 25.4 Å². The van der Waals surface area contributed by atoms with Crippen molar-refractivity contribution in [2.45, 2.75) is 13.5 Å². The molecule has 0 fully saturated rings. The molecule has 0 aliphatic rings. The van der Waals surface area contributed by atoms with Gasteiger partial charge in [0.2, 0.25) is 0 Å². The highest BCUT2D eigenvalue weighted by molar-refractivity contribution is 7.14. The van der Waals surface area contributed by atoms with E-state index >= 15 is 0 Å². The molecule has 0 saturated heterocycles. The van der Waals surface area contributed by atoms with Gasteiger partial charge in [-0.15, -0.1) is 11.3 Å². The minimum absolute atomic E-state index is 0.166. The Bertz CT molecular complexity index is 1320. The Morgan fingerprint density at radius 3 is 2.80 bits per heavy atom. The van der Waals surface area contributed by atoms with Gasteiger partial charge in [-0.25, -0.2) is 9.97 Å². The number of carbonyl (C=O) groups is 1. The van der Waals surface area contributed by atoms with Crippen LogP contribution in [0.25, 0.3) is 22.2 Å². The number of hydrogen-bond donors (Lipinski definition) is 2. The lowest BCUT2D eigenvalue weighted by Gasteiger charge is -2.05. The number of thiazole rings is 1. The molecule has 1 amide bonds. The monoisotopic (exact) mass is 413 g/mol.